The SMILES string of the molecule is CC(CC1CC(O)CC(CO)O1)NCCCO.OCC1OC(O)CC(O)C1O. The molecule has 168 valence electrons. The van der Waals surface area contributed by atoms with Gasteiger partial charge in [-0.2, -0.15) is 0 Å². The van der Waals surface area contributed by atoms with Gasteiger partial charge < -0.3 is 50.5 Å². The third kappa shape index (κ3) is 9.40. The molecule has 8 atom stereocenters. The number of ether oxygens (including phenoxy) is 2. The van der Waals surface area contributed by atoms with Crippen LogP contribution in [-0.2, 0) is 9.47 Å². The van der Waals surface area contributed by atoms with Crippen molar-refractivity contribution in [3.05, 3.63) is 0 Å². The lowest BCUT2D eigenvalue weighted by Crippen LogP contribution is -2.49. The highest BCUT2D eigenvalue weighted by molar-refractivity contribution is 4.81. The van der Waals surface area contributed by atoms with Crippen molar-refractivity contribution < 1.29 is 45.2 Å². The molecule has 2 heterocycles. The summed E-state index contributed by atoms with van der Waals surface area (Å²) in [7, 11) is 0. The Balaban J connectivity index is 0.000000307. The first kappa shape index (κ1) is 25.6. The summed E-state index contributed by atoms with van der Waals surface area (Å²) >= 11 is 0. The molecule has 0 aromatic rings. The molecule has 2 saturated heterocycles. The van der Waals surface area contributed by atoms with Crippen LogP contribution in [0.1, 0.15) is 39.0 Å². The van der Waals surface area contributed by atoms with Gasteiger partial charge >= 0.3 is 0 Å². The molecule has 2 rings (SSSR count). The molecule has 0 amide bonds. The minimum absolute atomic E-state index is 0.00697. The van der Waals surface area contributed by atoms with Crippen LogP contribution in [0.3, 0.4) is 0 Å². The second kappa shape index (κ2) is 13.8. The van der Waals surface area contributed by atoms with Gasteiger partial charge in [0.1, 0.15) is 12.2 Å². The van der Waals surface area contributed by atoms with Crippen LogP contribution in [0.4, 0.5) is 0 Å². The highest BCUT2D eigenvalue weighted by Crippen LogP contribution is 2.22. The molecule has 2 fully saturated rings. The molecule has 8 unspecified atom stereocenters. The van der Waals surface area contributed by atoms with Crippen molar-refractivity contribution >= 4 is 0 Å². The normalized spacial score (nSPS) is 37.1. The van der Waals surface area contributed by atoms with Gasteiger partial charge in [0.15, 0.2) is 6.29 Å². The van der Waals surface area contributed by atoms with Gasteiger partial charge in [0.2, 0.25) is 0 Å². The van der Waals surface area contributed by atoms with Crippen LogP contribution >= 0.6 is 0 Å². The first-order valence-electron chi connectivity index (χ1n) is 9.89. The van der Waals surface area contributed by atoms with E-state index in [1.54, 1.807) is 0 Å². The van der Waals surface area contributed by atoms with Crippen LogP contribution in [-0.4, -0.2) is 111 Å². The van der Waals surface area contributed by atoms with E-state index in [0.29, 0.717) is 12.8 Å². The predicted octanol–water partition coefficient (Wildman–Crippen LogP) is -2.55. The fourth-order valence-corrected chi connectivity index (χ4v) is 3.34. The summed E-state index contributed by atoms with van der Waals surface area (Å²) < 4.78 is 10.4. The minimum Gasteiger partial charge on any atom is -0.396 e. The Hall–Kier alpha value is -0.400. The van der Waals surface area contributed by atoms with E-state index in [9.17, 15) is 5.11 Å². The molecule has 28 heavy (non-hydrogen) atoms. The van der Waals surface area contributed by atoms with E-state index in [1.165, 1.54) is 0 Å². The highest BCUT2D eigenvalue weighted by atomic mass is 16.6. The lowest BCUT2D eigenvalue weighted by atomic mass is 9.97. The van der Waals surface area contributed by atoms with E-state index < -0.39 is 31.2 Å². The third-order valence-corrected chi connectivity index (χ3v) is 4.83. The van der Waals surface area contributed by atoms with Crippen LogP contribution < -0.4 is 5.32 Å². The maximum Gasteiger partial charge on any atom is 0.157 e. The summed E-state index contributed by atoms with van der Waals surface area (Å²) in [4.78, 5) is 0. The number of aliphatic hydroxyl groups is 7. The number of nitrogens with one attached hydrogen (secondary N) is 1. The standard InChI is InChI=1S/C12H25NO4.C6H12O5/c1-9(13-3-2-4-14)5-11-6-10(16)7-12(8-15)17-11;7-2-4-6(10)3(8)1-5(9)11-4/h9-16H,2-8H2,1H3;3-10H,1-2H2. The molecule has 8 N–H and O–H groups in total. The Kier molecular flexibility index (Phi) is 12.6. The molecule has 2 aliphatic heterocycles. The Morgan fingerprint density at radius 1 is 0.929 bits per heavy atom. The first-order chi connectivity index (χ1) is 13.3. The zero-order valence-electron chi connectivity index (χ0n) is 16.4. The Morgan fingerprint density at radius 3 is 2.21 bits per heavy atom. The summed E-state index contributed by atoms with van der Waals surface area (Å²) in [5.41, 5.74) is 0. The maximum atomic E-state index is 9.66. The van der Waals surface area contributed by atoms with Crippen molar-refractivity contribution in [1.82, 2.24) is 5.32 Å². The molecule has 10 nitrogen and oxygen atoms in total. The molecule has 0 radical (unpaired) electrons. The zero-order valence-corrected chi connectivity index (χ0v) is 16.4. The van der Waals surface area contributed by atoms with E-state index in [-0.39, 0.29) is 44.0 Å². The van der Waals surface area contributed by atoms with E-state index in [1.807, 2.05) is 0 Å². The molecular formula is C18H37NO9. The van der Waals surface area contributed by atoms with E-state index >= 15 is 0 Å². The van der Waals surface area contributed by atoms with Gasteiger partial charge in [0.25, 0.3) is 0 Å². The second-order valence-electron chi connectivity index (χ2n) is 7.46. The smallest absolute Gasteiger partial charge is 0.157 e. The van der Waals surface area contributed by atoms with Gasteiger partial charge in [0, 0.05) is 25.5 Å². The van der Waals surface area contributed by atoms with E-state index in [4.69, 9.17) is 40.1 Å². The average Bonchev–Trinajstić information content (AvgIpc) is 2.64. The van der Waals surface area contributed by atoms with Crippen LogP contribution in [0.15, 0.2) is 0 Å². The van der Waals surface area contributed by atoms with Gasteiger partial charge in [-0.15, -0.1) is 0 Å². The topological polar surface area (TPSA) is 172 Å². The molecular weight excluding hydrogens is 374 g/mol. The van der Waals surface area contributed by atoms with Crippen LogP contribution in [0.5, 0.6) is 0 Å². The molecule has 0 aliphatic carbocycles. The summed E-state index contributed by atoms with van der Waals surface area (Å²) in [6.45, 7) is 2.62. The molecule has 0 aromatic heterocycles. The van der Waals surface area contributed by atoms with Gasteiger partial charge in [0.05, 0.1) is 37.6 Å². The van der Waals surface area contributed by atoms with Crippen molar-refractivity contribution in [3.8, 4) is 0 Å². The van der Waals surface area contributed by atoms with Crippen LogP contribution in [0.2, 0.25) is 0 Å². The molecule has 0 spiro atoms. The average molecular weight is 411 g/mol. The summed E-state index contributed by atoms with van der Waals surface area (Å²) in [6, 6.07) is 0.288. The summed E-state index contributed by atoms with van der Waals surface area (Å²) in [5.74, 6) is 0. The van der Waals surface area contributed by atoms with Gasteiger partial charge in [-0.25, -0.2) is 0 Å². The van der Waals surface area contributed by atoms with Crippen molar-refractivity contribution in [2.75, 3.05) is 26.4 Å². The van der Waals surface area contributed by atoms with Crippen LogP contribution in [0.25, 0.3) is 0 Å². The minimum atomic E-state index is -1.11. The Morgan fingerprint density at radius 2 is 1.61 bits per heavy atom. The number of hydrogen-bond donors (Lipinski definition) is 8. The van der Waals surface area contributed by atoms with Gasteiger partial charge in [-0.05, 0) is 32.7 Å². The maximum absolute atomic E-state index is 9.66. The third-order valence-electron chi connectivity index (χ3n) is 4.83. The Labute approximate surface area is 165 Å². The highest BCUT2D eigenvalue weighted by Gasteiger charge is 2.35. The quantitative estimate of drug-likeness (QED) is 0.199. The number of hydrogen-bond acceptors (Lipinski definition) is 10. The Bertz CT molecular complexity index is 403. The summed E-state index contributed by atoms with van der Waals surface area (Å²) in [5, 5.41) is 66.3. The number of aliphatic hydroxyl groups excluding tert-OH is 7. The monoisotopic (exact) mass is 411 g/mol. The number of rotatable bonds is 8. The lowest BCUT2D eigenvalue weighted by Gasteiger charge is -2.33. The van der Waals surface area contributed by atoms with E-state index in [2.05, 4.69) is 12.2 Å². The van der Waals surface area contributed by atoms with Crippen molar-refractivity contribution in [1.29, 1.82) is 0 Å². The molecule has 10 heteroatoms. The fourth-order valence-electron chi connectivity index (χ4n) is 3.34. The summed E-state index contributed by atoms with van der Waals surface area (Å²) in [6.07, 6.45) is -1.97. The predicted molar refractivity (Wildman–Crippen MR) is 99.4 cm³/mol. The first-order valence-corrected chi connectivity index (χ1v) is 9.89. The fraction of sp³-hybridized carbons (Fsp3) is 1.00. The van der Waals surface area contributed by atoms with Gasteiger partial charge in [-0.1, -0.05) is 0 Å². The van der Waals surface area contributed by atoms with Crippen molar-refractivity contribution in [3.63, 3.8) is 0 Å². The molecule has 0 saturated carbocycles. The largest absolute Gasteiger partial charge is 0.396 e. The second-order valence-corrected chi connectivity index (χ2v) is 7.46. The van der Waals surface area contributed by atoms with Crippen LogP contribution in [0, 0.1) is 0 Å². The zero-order chi connectivity index (χ0) is 21.1. The van der Waals surface area contributed by atoms with Crippen molar-refractivity contribution in [2.24, 2.45) is 0 Å². The molecule has 0 bridgehead atoms. The van der Waals surface area contributed by atoms with Crippen molar-refractivity contribution in [2.45, 2.75) is 88.0 Å². The van der Waals surface area contributed by atoms with Gasteiger partial charge in [-0.3, -0.25) is 0 Å². The lowest BCUT2D eigenvalue weighted by molar-refractivity contribution is -0.239. The molecule has 2 aliphatic rings. The molecule has 0 aromatic carbocycles. The van der Waals surface area contributed by atoms with E-state index in [0.717, 1.165) is 19.4 Å².